The average molecular weight is 479 g/mol. The third-order valence-electron chi connectivity index (χ3n) is 5.72. The van der Waals surface area contributed by atoms with Crippen LogP contribution in [0, 0.1) is 20.2 Å². The van der Waals surface area contributed by atoms with Crippen LogP contribution >= 0.6 is 11.3 Å². The van der Waals surface area contributed by atoms with Crippen molar-refractivity contribution in [1.82, 2.24) is 0 Å². The maximum atomic E-state index is 12.0. The van der Waals surface area contributed by atoms with Gasteiger partial charge in [0, 0.05) is 28.1 Å². The summed E-state index contributed by atoms with van der Waals surface area (Å²) >= 11 is 1.41. The van der Waals surface area contributed by atoms with Crippen LogP contribution in [0.15, 0.2) is 109 Å². The number of nitrogens with zero attached hydrogens (tertiary/aromatic N) is 2. The second kappa shape index (κ2) is 9.32. The molecule has 0 N–H and O–H groups in total. The van der Waals surface area contributed by atoms with Gasteiger partial charge in [-0.3, -0.25) is 20.2 Å². The van der Waals surface area contributed by atoms with Gasteiger partial charge in [0.1, 0.15) is 0 Å². The summed E-state index contributed by atoms with van der Waals surface area (Å²) in [4.78, 5) is 24.7. The first-order valence-corrected chi connectivity index (χ1v) is 11.6. The zero-order valence-corrected chi connectivity index (χ0v) is 19.1. The van der Waals surface area contributed by atoms with Crippen molar-refractivity contribution >= 4 is 22.7 Å². The van der Waals surface area contributed by atoms with E-state index >= 15 is 0 Å². The van der Waals surface area contributed by atoms with Gasteiger partial charge in [0.05, 0.1) is 25.9 Å². The maximum absolute atomic E-state index is 12.0. The second-order valence-corrected chi connectivity index (χ2v) is 8.81. The first kappa shape index (κ1) is 22.2. The molecule has 4 aromatic carbocycles. The molecule has 1 heterocycles. The molecule has 0 saturated carbocycles. The molecule has 35 heavy (non-hydrogen) atoms. The van der Waals surface area contributed by atoms with Crippen LogP contribution in [0.3, 0.4) is 0 Å². The fraction of sp³-hybridized carbons (Fsp3) is 0. The van der Waals surface area contributed by atoms with Crippen molar-refractivity contribution in [3.05, 3.63) is 129 Å². The Morgan fingerprint density at radius 2 is 0.943 bits per heavy atom. The largest absolute Gasteiger partial charge is 0.278 e. The molecule has 0 aliphatic heterocycles. The third-order valence-corrected chi connectivity index (χ3v) is 6.99. The molecule has 170 valence electrons. The minimum atomic E-state index is -0.414. The second-order valence-electron chi connectivity index (χ2n) is 7.79. The molecule has 0 spiro atoms. The molecule has 0 radical (unpaired) electrons. The molecule has 6 nitrogen and oxygen atoms in total. The predicted molar refractivity (Wildman–Crippen MR) is 139 cm³/mol. The number of hydrogen-bond donors (Lipinski definition) is 0. The zero-order chi connectivity index (χ0) is 24.4. The van der Waals surface area contributed by atoms with Crippen LogP contribution < -0.4 is 0 Å². The molecule has 0 unspecified atom stereocenters. The number of para-hydroxylation sites is 2. The minimum absolute atomic E-state index is 0.0483. The highest BCUT2D eigenvalue weighted by atomic mass is 32.1. The fourth-order valence-electron chi connectivity index (χ4n) is 4.22. The highest BCUT2D eigenvalue weighted by Crippen LogP contribution is 2.54. The fourth-order valence-corrected chi connectivity index (χ4v) is 5.60. The Labute approximate surface area is 205 Å². The van der Waals surface area contributed by atoms with Gasteiger partial charge >= 0.3 is 0 Å². The zero-order valence-electron chi connectivity index (χ0n) is 18.3. The van der Waals surface area contributed by atoms with E-state index in [4.69, 9.17) is 0 Å². The Bertz CT molecular complexity index is 1550. The molecule has 0 aliphatic carbocycles. The number of nitro groups is 2. The molecular formula is C28H18N2O4S. The third kappa shape index (κ3) is 4.09. The molecule has 0 bridgehead atoms. The molecule has 7 heteroatoms. The maximum Gasteiger partial charge on any atom is 0.278 e. The molecule has 0 fully saturated rings. The lowest BCUT2D eigenvalue weighted by molar-refractivity contribution is -0.384. The molecule has 5 aromatic rings. The lowest BCUT2D eigenvalue weighted by Crippen LogP contribution is -1.95. The van der Waals surface area contributed by atoms with Crippen molar-refractivity contribution < 1.29 is 9.85 Å². The summed E-state index contributed by atoms with van der Waals surface area (Å²) in [6.07, 6.45) is 0. The Kier molecular flexibility index (Phi) is 5.91. The van der Waals surface area contributed by atoms with E-state index in [0.717, 1.165) is 21.6 Å². The van der Waals surface area contributed by atoms with Gasteiger partial charge in [0.15, 0.2) is 0 Å². The molecular weight excluding hydrogens is 460 g/mol. The van der Waals surface area contributed by atoms with Gasteiger partial charge in [0.25, 0.3) is 11.4 Å². The standard InChI is InChI=1S/C28H18N2O4S/c31-29(32)23-17-9-7-15-21(23)26-25(19-11-3-1-4-12-19)27(20-13-5-2-6-14-20)35-28(26)22-16-8-10-18-24(22)30(33)34/h1-18H. The van der Waals surface area contributed by atoms with Gasteiger partial charge in [-0.25, -0.2) is 0 Å². The van der Waals surface area contributed by atoms with E-state index in [-0.39, 0.29) is 11.4 Å². The van der Waals surface area contributed by atoms with E-state index in [1.807, 2.05) is 60.7 Å². The van der Waals surface area contributed by atoms with Crippen molar-refractivity contribution in [3.8, 4) is 43.1 Å². The predicted octanol–water partition coefficient (Wildman–Crippen LogP) is 8.23. The molecule has 0 amide bonds. The molecule has 1 aromatic heterocycles. The molecule has 0 saturated heterocycles. The number of nitro benzene ring substituents is 2. The Hall–Kier alpha value is -4.62. The topological polar surface area (TPSA) is 86.3 Å². The first-order chi connectivity index (χ1) is 17.1. The lowest BCUT2D eigenvalue weighted by Gasteiger charge is -2.11. The number of rotatable bonds is 6. The van der Waals surface area contributed by atoms with E-state index in [2.05, 4.69) is 0 Å². The first-order valence-electron chi connectivity index (χ1n) is 10.8. The summed E-state index contributed by atoms with van der Waals surface area (Å²) in [6.45, 7) is 0. The van der Waals surface area contributed by atoms with Gasteiger partial charge in [-0.1, -0.05) is 84.9 Å². The van der Waals surface area contributed by atoms with Crippen LogP contribution in [0.4, 0.5) is 11.4 Å². The van der Waals surface area contributed by atoms with Crippen LogP contribution in [-0.4, -0.2) is 9.85 Å². The monoisotopic (exact) mass is 478 g/mol. The summed E-state index contributed by atoms with van der Waals surface area (Å²) in [6, 6.07) is 32.5. The smallest absolute Gasteiger partial charge is 0.258 e. The highest BCUT2D eigenvalue weighted by Gasteiger charge is 2.30. The van der Waals surface area contributed by atoms with Crippen molar-refractivity contribution in [2.45, 2.75) is 0 Å². The van der Waals surface area contributed by atoms with Crippen LogP contribution in [0.2, 0.25) is 0 Å². The van der Waals surface area contributed by atoms with E-state index in [0.29, 0.717) is 21.6 Å². The average Bonchev–Trinajstić information content (AvgIpc) is 3.30. The van der Waals surface area contributed by atoms with Gasteiger partial charge in [-0.05, 0) is 23.3 Å². The Morgan fingerprint density at radius 1 is 0.486 bits per heavy atom. The normalized spacial score (nSPS) is 10.7. The molecule has 0 atom stereocenters. The summed E-state index contributed by atoms with van der Waals surface area (Å²) in [5.41, 5.74) is 3.97. The van der Waals surface area contributed by atoms with E-state index in [9.17, 15) is 20.2 Å². The SMILES string of the molecule is O=[N+]([O-])c1ccccc1-c1sc(-c2ccccc2)c(-c2ccccc2)c1-c1ccccc1[N+](=O)[O-]. The number of benzene rings is 4. The quantitative estimate of drug-likeness (QED) is 0.182. The lowest BCUT2D eigenvalue weighted by atomic mass is 9.90. The Morgan fingerprint density at radius 3 is 1.51 bits per heavy atom. The van der Waals surface area contributed by atoms with E-state index in [1.54, 1.807) is 36.4 Å². The van der Waals surface area contributed by atoms with Crippen molar-refractivity contribution in [2.75, 3.05) is 0 Å². The molecule has 5 rings (SSSR count). The summed E-state index contributed by atoms with van der Waals surface area (Å²) in [5, 5.41) is 24.0. The van der Waals surface area contributed by atoms with Crippen molar-refractivity contribution in [2.24, 2.45) is 0 Å². The minimum Gasteiger partial charge on any atom is -0.258 e. The van der Waals surface area contributed by atoms with Gasteiger partial charge in [-0.2, -0.15) is 0 Å². The van der Waals surface area contributed by atoms with Gasteiger partial charge in [0.2, 0.25) is 0 Å². The van der Waals surface area contributed by atoms with E-state index in [1.165, 1.54) is 23.5 Å². The summed E-state index contributed by atoms with van der Waals surface area (Å²) in [7, 11) is 0. The van der Waals surface area contributed by atoms with Crippen LogP contribution in [0.5, 0.6) is 0 Å². The van der Waals surface area contributed by atoms with Crippen LogP contribution in [-0.2, 0) is 0 Å². The Balaban J connectivity index is 1.97. The number of hydrogen-bond acceptors (Lipinski definition) is 5. The summed E-state index contributed by atoms with van der Waals surface area (Å²) < 4.78 is 0. The molecule has 0 aliphatic rings. The van der Waals surface area contributed by atoms with Crippen molar-refractivity contribution in [3.63, 3.8) is 0 Å². The van der Waals surface area contributed by atoms with Crippen LogP contribution in [0.1, 0.15) is 0 Å². The van der Waals surface area contributed by atoms with Crippen LogP contribution in [0.25, 0.3) is 43.1 Å². The van der Waals surface area contributed by atoms with E-state index < -0.39 is 9.85 Å². The highest BCUT2D eigenvalue weighted by molar-refractivity contribution is 7.20. The van der Waals surface area contributed by atoms with Crippen molar-refractivity contribution in [1.29, 1.82) is 0 Å². The number of thiophene rings is 1. The van der Waals surface area contributed by atoms with Gasteiger partial charge in [-0.15, -0.1) is 11.3 Å². The van der Waals surface area contributed by atoms with Gasteiger partial charge < -0.3 is 0 Å². The summed E-state index contributed by atoms with van der Waals surface area (Å²) in [5.74, 6) is 0.